The molecule has 0 atom stereocenters. The van der Waals surface area contributed by atoms with Crippen LogP contribution in [0, 0.1) is 11.6 Å². The van der Waals surface area contributed by atoms with Crippen molar-refractivity contribution in [3.63, 3.8) is 0 Å². The van der Waals surface area contributed by atoms with Crippen LogP contribution in [0.4, 0.5) is 14.5 Å². The van der Waals surface area contributed by atoms with Gasteiger partial charge in [0.1, 0.15) is 22.4 Å². The van der Waals surface area contributed by atoms with Gasteiger partial charge in [0, 0.05) is 5.69 Å². The third-order valence-electron chi connectivity index (χ3n) is 2.17. The van der Waals surface area contributed by atoms with Crippen molar-refractivity contribution < 1.29 is 13.5 Å². The van der Waals surface area contributed by atoms with Crippen LogP contribution in [0.2, 0.25) is 0 Å². The minimum absolute atomic E-state index is 0.0528. The number of nitrogen functional groups attached to an aromatic ring is 1. The predicted molar refractivity (Wildman–Crippen MR) is 65.7 cm³/mol. The minimum Gasteiger partial charge on any atom is -0.495 e. The van der Waals surface area contributed by atoms with E-state index in [1.807, 2.05) is 0 Å². The van der Waals surface area contributed by atoms with E-state index in [4.69, 9.17) is 10.5 Å². The van der Waals surface area contributed by atoms with Crippen molar-refractivity contribution in [2.45, 2.75) is 9.92 Å². The molecule has 0 spiro atoms. The molecular weight excluding hydrogens is 258 g/mol. The number of halogens is 2. The second-order valence-electron chi connectivity index (χ2n) is 3.45. The monoisotopic (exact) mass is 268 g/mol. The number of nitrogens with zero attached hydrogens (tertiary/aromatic N) is 1. The quantitative estimate of drug-likeness (QED) is 0.869. The van der Waals surface area contributed by atoms with Gasteiger partial charge in [0.2, 0.25) is 0 Å². The maximum absolute atomic E-state index is 13.5. The Labute approximate surface area is 107 Å². The molecule has 0 fully saturated rings. The smallest absolute Gasteiger partial charge is 0.142 e. The lowest BCUT2D eigenvalue weighted by Gasteiger charge is -2.06. The number of rotatable bonds is 3. The standard InChI is InChI=1S/C12H10F2N2OS/c1-17-8-2-3-11(16-6-8)18-12-9(13)4-7(15)5-10(12)14/h2-6H,15H2,1H3. The first-order valence-electron chi connectivity index (χ1n) is 5.02. The first-order chi connectivity index (χ1) is 8.60. The molecule has 1 aromatic heterocycles. The zero-order valence-corrected chi connectivity index (χ0v) is 10.3. The first kappa shape index (κ1) is 12.6. The molecule has 0 unspecified atom stereocenters. The lowest BCUT2D eigenvalue weighted by molar-refractivity contribution is 0.412. The van der Waals surface area contributed by atoms with E-state index in [1.54, 1.807) is 12.1 Å². The van der Waals surface area contributed by atoms with Crippen molar-refractivity contribution >= 4 is 17.4 Å². The molecule has 2 rings (SSSR count). The molecule has 18 heavy (non-hydrogen) atoms. The third kappa shape index (κ3) is 2.70. The summed E-state index contributed by atoms with van der Waals surface area (Å²) in [7, 11) is 1.52. The summed E-state index contributed by atoms with van der Waals surface area (Å²) < 4.78 is 32.0. The highest BCUT2D eigenvalue weighted by Gasteiger charge is 2.12. The normalized spacial score (nSPS) is 10.4. The average Bonchev–Trinajstić information content (AvgIpc) is 2.34. The van der Waals surface area contributed by atoms with Crippen molar-refractivity contribution in [1.82, 2.24) is 4.98 Å². The van der Waals surface area contributed by atoms with Gasteiger partial charge in [0.15, 0.2) is 0 Å². The zero-order valence-electron chi connectivity index (χ0n) is 9.48. The van der Waals surface area contributed by atoms with Gasteiger partial charge in [0.05, 0.1) is 18.2 Å². The second-order valence-corrected chi connectivity index (χ2v) is 4.48. The van der Waals surface area contributed by atoms with Gasteiger partial charge in [-0.25, -0.2) is 13.8 Å². The molecule has 1 heterocycles. The molecule has 0 bridgehead atoms. The van der Waals surface area contributed by atoms with Crippen LogP contribution in [-0.2, 0) is 0 Å². The number of benzene rings is 1. The molecule has 0 radical (unpaired) electrons. The van der Waals surface area contributed by atoms with Crippen LogP contribution < -0.4 is 10.5 Å². The number of methoxy groups -OCH3 is 1. The zero-order chi connectivity index (χ0) is 13.1. The molecule has 0 amide bonds. The largest absolute Gasteiger partial charge is 0.495 e. The second kappa shape index (κ2) is 5.22. The van der Waals surface area contributed by atoms with Gasteiger partial charge in [-0.05, 0) is 24.3 Å². The van der Waals surface area contributed by atoms with Crippen LogP contribution in [0.25, 0.3) is 0 Å². The fourth-order valence-corrected chi connectivity index (χ4v) is 2.09. The summed E-state index contributed by atoms with van der Waals surface area (Å²) in [6, 6.07) is 5.45. The van der Waals surface area contributed by atoms with E-state index in [9.17, 15) is 8.78 Å². The van der Waals surface area contributed by atoms with Crippen LogP contribution in [0.15, 0.2) is 40.4 Å². The average molecular weight is 268 g/mol. The van der Waals surface area contributed by atoms with Crippen molar-refractivity contribution in [3.05, 3.63) is 42.1 Å². The Morgan fingerprint density at radius 3 is 2.39 bits per heavy atom. The molecule has 0 saturated carbocycles. The Hall–Kier alpha value is -1.82. The molecule has 2 N–H and O–H groups in total. The summed E-state index contributed by atoms with van der Waals surface area (Å²) in [4.78, 5) is 3.90. The Morgan fingerprint density at radius 2 is 1.89 bits per heavy atom. The summed E-state index contributed by atoms with van der Waals surface area (Å²) in [5, 5.41) is 0.471. The van der Waals surface area contributed by atoms with E-state index in [0.717, 1.165) is 23.9 Å². The molecular formula is C12H10F2N2OS. The van der Waals surface area contributed by atoms with Gasteiger partial charge in [-0.15, -0.1) is 0 Å². The van der Waals surface area contributed by atoms with E-state index >= 15 is 0 Å². The number of hydrogen-bond acceptors (Lipinski definition) is 4. The van der Waals surface area contributed by atoms with E-state index in [0.29, 0.717) is 10.8 Å². The molecule has 6 heteroatoms. The van der Waals surface area contributed by atoms with Gasteiger partial charge >= 0.3 is 0 Å². The van der Waals surface area contributed by atoms with Crippen molar-refractivity contribution in [2.75, 3.05) is 12.8 Å². The summed E-state index contributed by atoms with van der Waals surface area (Å²) in [5.74, 6) is -0.817. The van der Waals surface area contributed by atoms with Gasteiger partial charge < -0.3 is 10.5 Å². The van der Waals surface area contributed by atoms with E-state index in [2.05, 4.69) is 4.98 Å². The van der Waals surface area contributed by atoms with Crippen LogP contribution >= 0.6 is 11.8 Å². The molecule has 0 aliphatic rings. The fourth-order valence-electron chi connectivity index (χ4n) is 1.33. The summed E-state index contributed by atoms with van der Waals surface area (Å²) >= 11 is 0.897. The lowest BCUT2D eigenvalue weighted by atomic mass is 10.3. The predicted octanol–water partition coefficient (Wildman–Crippen LogP) is 3.10. The maximum Gasteiger partial charge on any atom is 0.142 e. The summed E-state index contributed by atoms with van der Waals surface area (Å²) in [5.41, 5.74) is 5.39. The number of aromatic nitrogens is 1. The van der Waals surface area contributed by atoms with Gasteiger partial charge in [0.25, 0.3) is 0 Å². The number of ether oxygens (including phenoxy) is 1. The van der Waals surface area contributed by atoms with Crippen molar-refractivity contribution in [2.24, 2.45) is 0 Å². The molecule has 2 aromatic rings. The highest BCUT2D eigenvalue weighted by atomic mass is 32.2. The molecule has 94 valence electrons. The van der Waals surface area contributed by atoms with E-state index in [1.165, 1.54) is 13.3 Å². The SMILES string of the molecule is COc1ccc(Sc2c(F)cc(N)cc2F)nc1. The maximum atomic E-state index is 13.5. The highest BCUT2D eigenvalue weighted by Crippen LogP contribution is 2.32. The topological polar surface area (TPSA) is 48.1 Å². The molecule has 3 nitrogen and oxygen atoms in total. The van der Waals surface area contributed by atoms with E-state index in [-0.39, 0.29) is 10.6 Å². The Morgan fingerprint density at radius 1 is 1.22 bits per heavy atom. The van der Waals surface area contributed by atoms with E-state index < -0.39 is 11.6 Å². The summed E-state index contributed by atoms with van der Waals surface area (Å²) in [6.07, 6.45) is 1.48. The summed E-state index contributed by atoms with van der Waals surface area (Å²) in [6.45, 7) is 0. The van der Waals surface area contributed by atoms with Gasteiger partial charge in [-0.1, -0.05) is 11.8 Å². The molecule has 1 aromatic carbocycles. The Bertz CT molecular complexity index is 537. The van der Waals surface area contributed by atoms with Crippen LogP contribution in [0.1, 0.15) is 0 Å². The number of nitrogens with two attached hydrogens (primary N) is 1. The van der Waals surface area contributed by atoms with Crippen molar-refractivity contribution in [1.29, 1.82) is 0 Å². The van der Waals surface area contributed by atoms with Crippen LogP contribution in [-0.4, -0.2) is 12.1 Å². The van der Waals surface area contributed by atoms with Crippen LogP contribution in [0.5, 0.6) is 5.75 Å². The van der Waals surface area contributed by atoms with Gasteiger partial charge in [-0.2, -0.15) is 0 Å². The third-order valence-corrected chi connectivity index (χ3v) is 3.22. The van der Waals surface area contributed by atoms with Gasteiger partial charge in [-0.3, -0.25) is 0 Å². The Balaban J connectivity index is 2.28. The number of anilines is 1. The molecule has 0 aliphatic carbocycles. The fraction of sp³-hybridized carbons (Fsp3) is 0.0833. The minimum atomic E-state index is -0.699. The first-order valence-corrected chi connectivity index (χ1v) is 5.84. The highest BCUT2D eigenvalue weighted by molar-refractivity contribution is 7.99. The number of hydrogen-bond donors (Lipinski definition) is 1. The van der Waals surface area contributed by atoms with Crippen molar-refractivity contribution in [3.8, 4) is 5.75 Å². The molecule has 0 saturated heterocycles. The number of pyridine rings is 1. The van der Waals surface area contributed by atoms with Crippen LogP contribution in [0.3, 0.4) is 0 Å². The Kier molecular flexibility index (Phi) is 3.66. The lowest BCUT2D eigenvalue weighted by Crippen LogP contribution is -1.93. The molecule has 0 aliphatic heterocycles.